The molecule has 25 heavy (non-hydrogen) atoms. The number of nitriles is 1. The van der Waals surface area contributed by atoms with Crippen molar-refractivity contribution in [3.05, 3.63) is 54.1 Å². The lowest BCUT2D eigenvalue weighted by atomic mass is 10.1. The maximum Gasteiger partial charge on any atom is 0.140 e. The van der Waals surface area contributed by atoms with Gasteiger partial charge in [0, 0.05) is 25.6 Å². The van der Waals surface area contributed by atoms with Crippen LogP contribution in [0.1, 0.15) is 5.56 Å². The van der Waals surface area contributed by atoms with E-state index < -0.39 is 8.07 Å². The number of ether oxygens (including phenoxy) is 1. The quantitative estimate of drug-likeness (QED) is 0.470. The molecule has 5 heteroatoms. The third kappa shape index (κ3) is 4.16. The smallest absolute Gasteiger partial charge is 0.140 e. The van der Waals surface area contributed by atoms with Gasteiger partial charge in [0.2, 0.25) is 0 Å². The van der Waals surface area contributed by atoms with Crippen molar-refractivity contribution in [3.8, 4) is 17.3 Å². The van der Waals surface area contributed by atoms with Crippen molar-refractivity contribution >= 4 is 19.0 Å². The van der Waals surface area contributed by atoms with Crippen molar-refractivity contribution in [1.29, 1.82) is 5.26 Å². The summed E-state index contributed by atoms with van der Waals surface area (Å²) in [6.45, 7) is 8.21. The van der Waals surface area contributed by atoms with Crippen LogP contribution in [-0.2, 0) is 11.5 Å². The third-order valence-corrected chi connectivity index (χ3v) is 5.82. The maximum absolute atomic E-state index is 9.20. The van der Waals surface area contributed by atoms with E-state index >= 15 is 0 Å². The third-order valence-electron chi connectivity index (χ3n) is 4.12. The van der Waals surface area contributed by atoms with Gasteiger partial charge in [0.15, 0.2) is 0 Å². The van der Waals surface area contributed by atoms with Gasteiger partial charge in [-0.25, -0.2) is 4.68 Å². The van der Waals surface area contributed by atoms with Crippen molar-refractivity contribution in [2.24, 2.45) is 0 Å². The molecule has 0 aliphatic rings. The minimum absolute atomic E-state index is 0.422. The predicted molar refractivity (Wildman–Crippen MR) is 104 cm³/mol. The predicted octanol–water partition coefficient (Wildman–Crippen LogP) is 4.89. The van der Waals surface area contributed by atoms with E-state index in [0.29, 0.717) is 12.3 Å². The first-order valence-corrected chi connectivity index (χ1v) is 12.2. The Labute approximate surface area is 149 Å². The molecule has 0 aliphatic carbocycles. The molecule has 0 spiro atoms. The van der Waals surface area contributed by atoms with Gasteiger partial charge in [0.05, 0.1) is 22.8 Å². The summed E-state index contributed by atoms with van der Waals surface area (Å²) in [5.74, 6) is 0. The molecule has 0 bridgehead atoms. The largest absolute Gasteiger partial charge is 0.360 e. The van der Waals surface area contributed by atoms with Gasteiger partial charge in [-0.15, -0.1) is 0 Å². The zero-order chi connectivity index (χ0) is 17.9. The van der Waals surface area contributed by atoms with Crippen molar-refractivity contribution in [3.63, 3.8) is 0 Å². The Morgan fingerprint density at radius 3 is 2.68 bits per heavy atom. The lowest BCUT2D eigenvalue weighted by molar-refractivity contribution is 0.0803. The molecule has 2 aromatic carbocycles. The van der Waals surface area contributed by atoms with Crippen molar-refractivity contribution in [2.75, 3.05) is 6.61 Å². The van der Waals surface area contributed by atoms with Crippen LogP contribution in [0.25, 0.3) is 22.2 Å². The molecular formula is C20H23N3OSi. The van der Waals surface area contributed by atoms with Crippen LogP contribution >= 0.6 is 0 Å². The highest BCUT2D eigenvalue weighted by Gasteiger charge is 2.15. The minimum atomic E-state index is -1.11. The fourth-order valence-corrected chi connectivity index (χ4v) is 3.50. The van der Waals surface area contributed by atoms with E-state index in [-0.39, 0.29) is 0 Å². The highest BCUT2D eigenvalue weighted by Crippen LogP contribution is 2.29. The summed E-state index contributed by atoms with van der Waals surface area (Å²) in [6, 6.07) is 19.1. The van der Waals surface area contributed by atoms with Crippen molar-refractivity contribution < 1.29 is 4.74 Å². The van der Waals surface area contributed by atoms with E-state index in [9.17, 15) is 5.26 Å². The molecular weight excluding hydrogens is 326 g/mol. The second-order valence-electron chi connectivity index (χ2n) is 7.41. The van der Waals surface area contributed by atoms with Crippen LogP contribution in [0.4, 0.5) is 0 Å². The van der Waals surface area contributed by atoms with Crippen LogP contribution in [0.3, 0.4) is 0 Å². The molecule has 0 radical (unpaired) electrons. The number of benzene rings is 2. The van der Waals surface area contributed by atoms with Gasteiger partial charge in [0.1, 0.15) is 6.73 Å². The summed E-state index contributed by atoms with van der Waals surface area (Å²) in [5, 5.41) is 15.0. The molecule has 0 unspecified atom stereocenters. The highest BCUT2D eigenvalue weighted by molar-refractivity contribution is 6.76. The van der Waals surface area contributed by atoms with Crippen LogP contribution in [0.15, 0.2) is 48.5 Å². The van der Waals surface area contributed by atoms with Crippen LogP contribution in [0.2, 0.25) is 25.7 Å². The van der Waals surface area contributed by atoms with E-state index in [0.717, 1.165) is 34.8 Å². The summed E-state index contributed by atoms with van der Waals surface area (Å²) >= 11 is 0. The molecule has 3 aromatic rings. The molecule has 0 amide bonds. The Hall–Kier alpha value is -2.42. The normalized spacial score (nSPS) is 11.6. The van der Waals surface area contributed by atoms with E-state index in [1.165, 1.54) is 0 Å². The molecule has 0 fully saturated rings. The Kier molecular flexibility index (Phi) is 5.02. The Bertz CT molecular complexity index is 919. The second kappa shape index (κ2) is 7.22. The van der Waals surface area contributed by atoms with Crippen LogP contribution in [0.5, 0.6) is 0 Å². The fraction of sp³-hybridized carbons (Fsp3) is 0.300. The van der Waals surface area contributed by atoms with Crippen molar-refractivity contribution in [1.82, 2.24) is 9.78 Å². The average molecular weight is 350 g/mol. The summed E-state index contributed by atoms with van der Waals surface area (Å²) in [4.78, 5) is 0. The van der Waals surface area contributed by atoms with Gasteiger partial charge in [-0.05, 0) is 24.2 Å². The minimum Gasteiger partial charge on any atom is -0.360 e. The van der Waals surface area contributed by atoms with E-state index in [4.69, 9.17) is 9.84 Å². The highest BCUT2D eigenvalue weighted by atomic mass is 28.3. The van der Waals surface area contributed by atoms with E-state index in [1.54, 1.807) is 0 Å². The van der Waals surface area contributed by atoms with Crippen molar-refractivity contribution in [2.45, 2.75) is 32.4 Å². The molecule has 0 atom stereocenters. The molecule has 3 rings (SSSR count). The number of rotatable bonds is 6. The topological polar surface area (TPSA) is 50.8 Å². The molecule has 4 nitrogen and oxygen atoms in total. The molecule has 1 aromatic heterocycles. The SMILES string of the molecule is C[Si](C)(C)CCOCn1nc2ccccc2c1-c1cccc(C#N)c1. The summed E-state index contributed by atoms with van der Waals surface area (Å²) in [6.07, 6.45) is 0. The summed E-state index contributed by atoms with van der Waals surface area (Å²) < 4.78 is 7.82. The average Bonchev–Trinajstić information content (AvgIpc) is 2.96. The van der Waals surface area contributed by atoms with Gasteiger partial charge in [-0.1, -0.05) is 50.0 Å². The molecule has 0 aliphatic heterocycles. The molecule has 0 saturated heterocycles. The van der Waals surface area contributed by atoms with Gasteiger partial charge < -0.3 is 4.74 Å². The van der Waals surface area contributed by atoms with Gasteiger partial charge >= 0.3 is 0 Å². The van der Waals surface area contributed by atoms with Crippen LogP contribution < -0.4 is 0 Å². The number of hydrogen-bond acceptors (Lipinski definition) is 3. The van der Waals surface area contributed by atoms with E-state index in [2.05, 4.69) is 31.8 Å². The zero-order valence-electron chi connectivity index (χ0n) is 15.0. The monoisotopic (exact) mass is 349 g/mol. The fourth-order valence-electron chi connectivity index (χ4n) is 2.74. The molecule has 1 heterocycles. The number of aromatic nitrogens is 2. The van der Waals surface area contributed by atoms with Crippen LogP contribution in [-0.4, -0.2) is 24.5 Å². The Morgan fingerprint density at radius 1 is 1.12 bits per heavy atom. The lowest BCUT2D eigenvalue weighted by Crippen LogP contribution is -2.22. The Balaban J connectivity index is 1.94. The first-order chi connectivity index (χ1) is 12.0. The lowest BCUT2D eigenvalue weighted by Gasteiger charge is -2.16. The number of fused-ring (bicyclic) bond motifs is 1. The van der Waals surface area contributed by atoms with Crippen LogP contribution in [0, 0.1) is 11.3 Å². The zero-order valence-corrected chi connectivity index (χ0v) is 16.0. The van der Waals surface area contributed by atoms with Gasteiger partial charge in [-0.2, -0.15) is 10.4 Å². The second-order valence-corrected chi connectivity index (χ2v) is 13.0. The standard InChI is InChI=1S/C20H23N3OSi/c1-25(2,3)12-11-24-15-23-20(17-8-6-7-16(13-17)14-21)18-9-4-5-10-19(18)22-23/h4-10,13H,11-12,15H2,1-3H3. The first-order valence-electron chi connectivity index (χ1n) is 8.52. The molecule has 0 saturated carbocycles. The first kappa shape index (κ1) is 17.4. The summed E-state index contributed by atoms with van der Waals surface area (Å²) in [5.41, 5.74) is 3.57. The van der Waals surface area contributed by atoms with Gasteiger partial charge in [0.25, 0.3) is 0 Å². The number of nitrogens with zero attached hydrogens (tertiary/aromatic N) is 3. The summed E-state index contributed by atoms with van der Waals surface area (Å²) in [7, 11) is -1.11. The Morgan fingerprint density at radius 2 is 1.92 bits per heavy atom. The van der Waals surface area contributed by atoms with E-state index in [1.807, 2.05) is 47.1 Å². The number of hydrogen-bond donors (Lipinski definition) is 0. The molecule has 128 valence electrons. The maximum atomic E-state index is 9.20. The molecule has 0 N–H and O–H groups in total. The van der Waals surface area contributed by atoms with Gasteiger partial charge in [-0.3, -0.25) is 0 Å².